The second kappa shape index (κ2) is 10.6. The average molecular weight is 205 g/mol. The van der Waals surface area contributed by atoms with Gasteiger partial charge in [-0.15, -0.1) is 20.2 Å². The van der Waals surface area contributed by atoms with Crippen LogP contribution >= 0.6 is 0 Å². The molecule has 9 heteroatoms. The number of aromatic nitrogens is 1. The molecule has 0 aromatic carbocycles. The lowest BCUT2D eigenvalue weighted by Gasteiger charge is -1.70. The Morgan fingerprint density at radius 3 is 1.29 bits per heavy atom. The van der Waals surface area contributed by atoms with Crippen molar-refractivity contribution in [2.75, 3.05) is 0 Å². The summed E-state index contributed by atoms with van der Waals surface area (Å²) in [4.78, 5) is 20.5. The molecule has 0 amide bonds. The van der Waals surface area contributed by atoms with Crippen LogP contribution in [0.25, 0.3) is 0 Å². The highest BCUT2D eigenvalue weighted by Crippen LogP contribution is 1.73. The number of pyridine rings is 1. The van der Waals surface area contributed by atoms with Gasteiger partial charge in [-0.25, -0.2) is 0 Å². The number of hydrogen-bond acceptors (Lipinski definition) is 5. The van der Waals surface area contributed by atoms with Crippen LogP contribution in [0.2, 0.25) is 0 Å². The normalized spacial score (nSPS) is 6.86. The monoisotopic (exact) mass is 205 g/mol. The van der Waals surface area contributed by atoms with Gasteiger partial charge in [0.2, 0.25) is 0 Å². The fourth-order valence-corrected chi connectivity index (χ4v) is 0.313. The van der Waals surface area contributed by atoms with E-state index in [1.807, 2.05) is 18.2 Å². The zero-order valence-electron chi connectivity index (χ0n) is 6.76. The molecule has 0 spiro atoms. The molecule has 9 nitrogen and oxygen atoms in total. The van der Waals surface area contributed by atoms with E-state index in [2.05, 4.69) is 4.98 Å². The molecule has 0 aliphatic carbocycles. The van der Waals surface area contributed by atoms with Crippen molar-refractivity contribution in [3.8, 4) is 0 Å². The fraction of sp³-hybridized carbons (Fsp3) is 0. The lowest BCUT2D eigenvalue weighted by molar-refractivity contribution is -0.742. The zero-order valence-corrected chi connectivity index (χ0v) is 6.76. The number of rotatable bonds is 0. The fourth-order valence-electron chi connectivity index (χ4n) is 0.313. The van der Waals surface area contributed by atoms with Crippen LogP contribution in [0.4, 0.5) is 0 Å². The third kappa shape index (κ3) is 55.4. The summed E-state index contributed by atoms with van der Waals surface area (Å²) in [6.45, 7) is 0. The minimum Gasteiger partial charge on any atom is -0.328 e. The molecule has 14 heavy (non-hydrogen) atoms. The van der Waals surface area contributed by atoms with E-state index in [-0.39, 0.29) is 0 Å². The first kappa shape index (κ1) is 14.1. The van der Waals surface area contributed by atoms with E-state index >= 15 is 0 Å². The van der Waals surface area contributed by atoms with Gasteiger partial charge >= 0.3 is 0 Å². The van der Waals surface area contributed by atoms with Crippen LogP contribution in [0.15, 0.2) is 30.6 Å². The van der Waals surface area contributed by atoms with Gasteiger partial charge in [-0.05, 0) is 12.1 Å². The smallest absolute Gasteiger partial charge is 0.291 e. The summed E-state index contributed by atoms with van der Waals surface area (Å²) in [5.41, 5.74) is 0. The molecular formula is C5H7N3O6. The highest BCUT2D eigenvalue weighted by atomic mass is 16.9. The van der Waals surface area contributed by atoms with Gasteiger partial charge in [-0.1, -0.05) is 6.07 Å². The molecule has 78 valence electrons. The van der Waals surface area contributed by atoms with E-state index in [0.29, 0.717) is 0 Å². The van der Waals surface area contributed by atoms with Crippen LogP contribution < -0.4 is 0 Å². The molecule has 0 atom stereocenters. The highest BCUT2D eigenvalue weighted by Gasteiger charge is 1.65. The number of nitrogens with zero attached hydrogens (tertiary/aromatic N) is 3. The summed E-state index contributed by atoms with van der Waals surface area (Å²) >= 11 is 0. The quantitative estimate of drug-likeness (QED) is 0.460. The first-order valence-corrected chi connectivity index (χ1v) is 2.98. The maximum atomic E-state index is 8.36. The molecule has 0 aliphatic heterocycles. The SMILES string of the molecule is O=[N+]([O-])O.O=[N+]([O-])O.c1ccncc1. The Labute approximate surface area is 77.5 Å². The summed E-state index contributed by atoms with van der Waals surface area (Å²) in [6, 6.07) is 5.72. The van der Waals surface area contributed by atoms with Crippen molar-refractivity contribution >= 4 is 0 Å². The molecule has 1 rings (SSSR count). The van der Waals surface area contributed by atoms with Crippen molar-refractivity contribution in [2.45, 2.75) is 0 Å². The summed E-state index contributed by atoms with van der Waals surface area (Å²) in [6.07, 6.45) is 3.50. The van der Waals surface area contributed by atoms with E-state index in [9.17, 15) is 0 Å². The van der Waals surface area contributed by atoms with Gasteiger partial charge in [-0.2, -0.15) is 0 Å². The maximum Gasteiger partial charge on any atom is 0.291 e. The molecule has 0 bridgehead atoms. The van der Waals surface area contributed by atoms with Crippen LogP contribution in [-0.2, 0) is 0 Å². The molecule has 0 unspecified atom stereocenters. The average Bonchev–Trinajstić information content (AvgIpc) is 2.05. The summed E-state index contributed by atoms with van der Waals surface area (Å²) in [5, 5.41) is 27.3. The first-order chi connectivity index (χ1) is 6.46. The van der Waals surface area contributed by atoms with Gasteiger partial charge in [0.15, 0.2) is 0 Å². The van der Waals surface area contributed by atoms with Gasteiger partial charge in [-0.3, -0.25) is 4.98 Å². The second-order valence-electron chi connectivity index (χ2n) is 1.50. The highest BCUT2D eigenvalue weighted by molar-refractivity contribution is 4.88. The molecule has 0 saturated carbocycles. The molecule has 0 saturated heterocycles. The van der Waals surface area contributed by atoms with Gasteiger partial charge in [0.25, 0.3) is 10.2 Å². The van der Waals surface area contributed by atoms with Crippen LogP contribution in [0.1, 0.15) is 0 Å². The lowest BCUT2D eigenvalue weighted by atomic mass is 10.5. The summed E-state index contributed by atoms with van der Waals surface area (Å²) in [7, 11) is 0. The van der Waals surface area contributed by atoms with Crippen LogP contribution in [-0.4, -0.2) is 25.6 Å². The third-order valence-corrected chi connectivity index (χ3v) is 0.566. The molecule has 2 N–H and O–H groups in total. The predicted molar refractivity (Wildman–Crippen MR) is 41.8 cm³/mol. The van der Waals surface area contributed by atoms with Crippen LogP contribution in [0, 0.1) is 20.2 Å². The Hall–Kier alpha value is -2.45. The molecular weight excluding hydrogens is 198 g/mol. The Kier molecular flexibility index (Phi) is 10.6. The molecule has 0 fully saturated rings. The van der Waals surface area contributed by atoms with E-state index in [1.54, 1.807) is 12.4 Å². The topological polar surface area (TPSA) is 140 Å². The van der Waals surface area contributed by atoms with Gasteiger partial charge < -0.3 is 10.4 Å². The Bertz CT molecular complexity index is 206. The maximum absolute atomic E-state index is 8.36. The Morgan fingerprint density at radius 2 is 1.21 bits per heavy atom. The molecule has 0 radical (unpaired) electrons. The predicted octanol–water partition coefficient (Wildman–Crippen LogP) is 0.386. The largest absolute Gasteiger partial charge is 0.328 e. The van der Waals surface area contributed by atoms with Crippen molar-refractivity contribution in [1.82, 2.24) is 4.98 Å². The Balaban J connectivity index is 0. The van der Waals surface area contributed by atoms with E-state index in [4.69, 9.17) is 30.6 Å². The van der Waals surface area contributed by atoms with Crippen molar-refractivity contribution in [3.05, 3.63) is 50.8 Å². The molecule has 1 aromatic rings. The van der Waals surface area contributed by atoms with E-state index in [1.165, 1.54) is 0 Å². The second-order valence-corrected chi connectivity index (χ2v) is 1.50. The summed E-state index contributed by atoms with van der Waals surface area (Å²) < 4.78 is 0. The van der Waals surface area contributed by atoms with Crippen molar-refractivity contribution in [1.29, 1.82) is 0 Å². The van der Waals surface area contributed by atoms with E-state index in [0.717, 1.165) is 0 Å². The number of hydrogen-bond donors (Lipinski definition) is 2. The zero-order chi connectivity index (χ0) is 11.4. The van der Waals surface area contributed by atoms with E-state index < -0.39 is 10.2 Å². The van der Waals surface area contributed by atoms with Crippen LogP contribution in [0.5, 0.6) is 0 Å². The van der Waals surface area contributed by atoms with Gasteiger partial charge in [0.05, 0.1) is 0 Å². The van der Waals surface area contributed by atoms with Gasteiger partial charge in [0, 0.05) is 12.4 Å². The standard InChI is InChI=1S/C5H5N.2HNO3/c1-2-4-6-5-3-1;2*2-1(3)4/h1-5H;2*(H,2,3,4). The van der Waals surface area contributed by atoms with Crippen molar-refractivity contribution in [2.24, 2.45) is 0 Å². The molecule has 1 aromatic heterocycles. The Morgan fingerprint density at radius 1 is 0.929 bits per heavy atom. The minimum absolute atomic E-state index is 1.50. The molecule has 1 heterocycles. The van der Waals surface area contributed by atoms with Gasteiger partial charge in [0.1, 0.15) is 0 Å². The minimum atomic E-state index is -1.50. The van der Waals surface area contributed by atoms with Crippen molar-refractivity contribution in [3.63, 3.8) is 0 Å². The van der Waals surface area contributed by atoms with Crippen LogP contribution in [0.3, 0.4) is 0 Å². The van der Waals surface area contributed by atoms with Crippen molar-refractivity contribution < 1.29 is 20.6 Å². The summed E-state index contributed by atoms with van der Waals surface area (Å²) in [5.74, 6) is 0. The first-order valence-electron chi connectivity index (χ1n) is 2.98. The third-order valence-electron chi connectivity index (χ3n) is 0.566. The molecule has 0 aliphatic rings. The lowest BCUT2D eigenvalue weighted by Crippen LogP contribution is -1.81.